The van der Waals surface area contributed by atoms with Gasteiger partial charge in [0.05, 0.1) is 47.7 Å². The minimum absolute atomic E-state index is 0.139. The number of benzene rings is 4. The van der Waals surface area contributed by atoms with Gasteiger partial charge in [0.2, 0.25) is 0 Å². The van der Waals surface area contributed by atoms with Crippen LogP contribution in [0.25, 0.3) is 0 Å². The lowest BCUT2D eigenvalue weighted by Gasteiger charge is -2.13. The van der Waals surface area contributed by atoms with E-state index in [1.165, 1.54) is 23.5 Å². The van der Waals surface area contributed by atoms with Crippen molar-refractivity contribution in [3.63, 3.8) is 0 Å². The average molecular weight is 662 g/mol. The quantitative estimate of drug-likeness (QED) is 0.123. The maximum absolute atomic E-state index is 13.1. The molecule has 12 heteroatoms. The Kier molecular flexibility index (Phi) is 11.6. The molecule has 4 rings (SSSR count). The van der Waals surface area contributed by atoms with Gasteiger partial charge in [-0.25, -0.2) is 9.98 Å². The van der Waals surface area contributed by atoms with Gasteiger partial charge in [0, 0.05) is 0 Å². The van der Waals surface area contributed by atoms with E-state index in [9.17, 15) is 9.59 Å². The number of para-hydroxylation sites is 2. The average Bonchev–Trinajstić information content (AvgIpc) is 2.94. The molecule has 0 aromatic heterocycles. The number of amides is 2. The van der Waals surface area contributed by atoms with Crippen molar-refractivity contribution in [2.75, 3.05) is 5.08 Å². The molecule has 2 amide bonds. The van der Waals surface area contributed by atoms with Crippen LogP contribution in [-0.4, -0.2) is 27.2 Å². The third kappa shape index (κ3) is 9.00. The van der Waals surface area contributed by atoms with E-state index in [0.29, 0.717) is 26.8 Å². The van der Waals surface area contributed by atoms with Crippen LogP contribution in [0.15, 0.2) is 107 Å². The van der Waals surface area contributed by atoms with Gasteiger partial charge in [0.15, 0.2) is 10.3 Å². The van der Waals surface area contributed by atoms with Crippen LogP contribution in [0.2, 0.25) is 20.1 Å². The number of halogens is 4. The van der Waals surface area contributed by atoms with Crippen LogP contribution >= 0.6 is 69.9 Å². The summed E-state index contributed by atoms with van der Waals surface area (Å²) in [4.78, 5) is 35.4. The van der Waals surface area contributed by atoms with Crippen molar-refractivity contribution in [3.05, 3.63) is 128 Å². The highest BCUT2D eigenvalue weighted by Gasteiger charge is 2.19. The van der Waals surface area contributed by atoms with E-state index in [-0.39, 0.29) is 31.2 Å². The number of nitrogens with one attached hydrogen (secondary N) is 2. The summed E-state index contributed by atoms with van der Waals surface area (Å²) >= 11 is 27.4. The molecule has 2 N–H and O–H groups in total. The summed E-state index contributed by atoms with van der Waals surface area (Å²) in [5.74, 6) is -1.01. The molecule has 0 bridgehead atoms. The molecule has 41 heavy (non-hydrogen) atoms. The third-order valence-corrected chi connectivity index (χ3v) is 8.32. The van der Waals surface area contributed by atoms with Crippen molar-refractivity contribution in [1.82, 2.24) is 10.6 Å². The fourth-order valence-corrected chi connectivity index (χ4v) is 6.26. The molecule has 0 saturated heterocycles. The van der Waals surface area contributed by atoms with Crippen molar-refractivity contribution in [1.29, 1.82) is 0 Å². The summed E-state index contributed by atoms with van der Waals surface area (Å²) in [6, 6.07) is 27.9. The summed E-state index contributed by atoms with van der Waals surface area (Å²) in [6.45, 7) is 0. The van der Waals surface area contributed by atoms with E-state index in [1.807, 2.05) is 36.4 Å². The number of carbonyl (C=O) groups excluding carboxylic acids is 2. The summed E-state index contributed by atoms with van der Waals surface area (Å²) in [7, 11) is 0. The van der Waals surface area contributed by atoms with E-state index in [0.717, 1.165) is 0 Å². The second-order valence-electron chi connectivity index (χ2n) is 8.01. The first-order valence-corrected chi connectivity index (χ1v) is 15.3. The molecule has 0 unspecified atom stereocenters. The molecule has 0 fully saturated rings. The van der Waals surface area contributed by atoms with Crippen LogP contribution in [-0.2, 0) is 0 Å². The Morgan fingerprint density at radius 1 is 0.537 bits per heavy atom. The molecule has 0 saturated carbocycles. The van der Waals surface area contributed by atoms with Gasteiger partial charge in [-0.15, -0.1) is 0 Å². The maximum Gasteiger partial charge on any atom is 0.260 e. The summed E-state index contributed by atoms with van der Waals surface area (Å²) in [5, 5.41) is 7.36. The molecular weight excluding hydrogens is 642 g/mol. The van der Waals surface area contributed by atoms with Gasteiger partial charge in [-0.1, -0.05) is 118 Å². The van der Waals surface area contributed by atoms with Crippen LogP contribution < -0.4 is 10.6 Å². The first-order chi connectivity index (χ1) is 19.8. The van der Waals surface area contributed by atoms with Gasteiger partial charge in [0.1, 0.15) is 0 Å². The van der Waals surface area contributed by atoms with Crippen LogP contribution in [0, 0.1) is 0 Å². The SMILES string of the molecule is O=C(NC(=Nc1ccccc1)SCSC(=Nc1ccccc1)NC(=O)c1c(Cl)cccc1Cl)c1c(Cl)cccc1Cl. The summed E-state index contributed by atoms with van der Waals surface area (Å²) < 4.78 is 0. The number of hydrogen-bond donors (Lipinski definition) is 2. The normalized spacial score (nSPS) is 11.7. The van der Waals surface area contributed by atoms with E-state index in [4.69, 9.17) is 46.4 Å². The number of carbonyl (C=O) groups is 2. The molecular formula is C29H20Cl4N4O2S2. The van der Waals surface area contributed by atoms with Gasteiger partial charge in [-0.3, -0.25) is 9.59 Å². The zero-order valence-electron chi connectivity index (χ0n) is 21.0. The summed E-state index contributed by atoms with van der Waals surface area (Å²) in [5.41, 5.74) is 1.54. The number of rotatable bonds is 6. The van der Waals surface area contributed by atoms with Gasteiger partial charge >= 0.3 is 0 Å². The minimum Gasteiger partial charge on any atom is -0.301 e. The van der Waals surface area contributed by atoms with E-state index in [2.05, 4.69) is 20.6 Å². The second-order valence-corrected chi connectivity index (χ2v) is 11.9. The van der Waals surface area contributed by atoms with Crippen molar-refractivity contribution >= 4 is 103 Å². The van der Waals surface area contributed by atoms with Gasteiger partial charge in [-0.05, 0) is 48.5 Å². The fraction of sp³-hybridized carbons (Fsp3) is 0.0345. The number of amidine groups is 2. The first-order valence-electron chi connectivity index (χ1n) is 11.9. The zero-order chi connectivity index (χ0) is 29.2. The third-order valence-electron chi connectivity index (χ3n) is 5.19. The van der Waals surface area contributed by atoms with Crippen LogP contribution in [0.5, 0.6) is 0 Å². The smallest absolute Gasteiger partial charge is 0.260 e. The predicted octanol–water partition coefficient (Wildman–Crippen LogP) is 9.26. The van der Waals surface area contributed by atoms with Crippen LogP contribution in [0.1, 0.15) is 20.7 Å². The van der Waals surface area contributed by atoms with Crippen molar-refractivity contribution in [2.24, 2.45) is 9.98 Å². The molecule has 0 spiro atoms. The van der Waals surface area contributed by atoms with Gasteiger partial charge in [0.25, 0.3) is 11.8 Å². The Balaban J connectivity index is 1.55. The number of thioether (sulfide) groups is 2. The molecule has 0 heterocycles. The Morgan fingerprint density at radius 3 is 1.22 bits per heavy atom. The highest BCUT2D eigenvalue weighted by Crippen LogP contribution is 2.27. The molecule has 6 nitrogen and oxygen atoms in total. The second kappa shape index (κ2) is 15.3. The van der Waals surface area contributed by atoms with E-state index in [1.54, 1.807) is 60.7 Å². The molecule has 4 aromatic carbocycles. The lowest BCUT2D eigenvalue weighted by atomic mass is 10.2. The van der Waals surface area contributed by atoms with Gasteiger partial charge < -0.3 is 10.6 Å². The Labute approximate surface area is 265 Å². The van der Waals surface area contributed by atoms with E-state index < -0.39 is 11.8 Å². The number of hydrogen-bond acceptors (Lipinski definition) is 6. The molecule has 0 atom stereocenters. The van der Waals surface area contributed by atoms with Gasteiger partial charge in [-0.2, -0.15) is 0 Å². The van der Waals surface area contributed by atoms with Crippen LogP contribution in [0.4, 0.5) is 11.4 Å². The fourth-order valence-electron chi connectivity index (χ4n) is 3.32. The lowest BCUT2D eigenvalue weighted by molar-refractivity contribution is 0.0970. The molecule has 0 radical (unpaired) electrons. The first kappa shape index (κ1) is 31.0. The maximum atomic E-state index is 13.1. The van der Waals surface area contributed by atoms with E-state index >= 15 is 0 Å². The highest BCUT2D eigenvalue weighted by atomic mass is 35.5. The van der Waals surface area contributed by atoms with Crippen molar-refractivity contribution in [3.8, 4) is 0 Å². The minimum atomic E-state index is -0.507. The molecule has 0 aliphatic carbocycles. The lowest BCUT2D eigenvalue weighted by Crippen LogP contribution is -2.30. The standard InChI is InChI=1S/C29H20Cl4N4O2S2/c30-20-13-7-14-21(31)24(20)26(38)36-28(34-18-9-3-1-4-10-18)40-17-41-29(35-19-11-5-2-6-12-19)37-27(39)25-22(32)15-8-16-23(25)33/h1-16H,17H2,(H,34,36,38)(H,35,37,39). The Morgan fingerprint density at radius 2 is 0.878 bits per heavy atom. The number of aliphatic imine (C=N–C) groups is 2. The predicted molar refractivity (Wildman–Crippen MR) is 175 cm³/mol. The van der Waals surface area contributed by atoms with Crippen molar-refractivity contribution in [2.45, 2.75) is 0 Å². The largest absolute Gasteiger partial charge is 0.301 e. The van der Waals surface area contributed by atoms with Crippen molar-refractivity contribution < 1.29 is 9.59 Å². The number of nitrogens with zero attached hydrogens (tertiary/aromatic N) is 2. The van der Waals surface area contributed by atoms with Crippen LogP contribution in [0.3, 0.4) is 0 Å². The monoisotopic (exact) mass is 660 g/mol. The highest BCUT2D eigenvalue weighted by molar-refractivity contribution is 8.29. The molecule has 0 aliphatic rings. The molecule has 208 valence electrons. The Hall–Kier alpha value is -2.98. The zero-order valence-corrected chi connectivity index (χ0v) is 25.6. The molecule has 0 aliphatic heterocycles. The summed E-state index contributed by atoms with van der Waals surface area (Å²) in [6.07, 6.45) is 0. The molecule has 4 aromatic rings. The Bertz CT molecular complexity index is 1440. The topological polar surface area (TPSA) is 82.9 Å².